The molecule has 0 unspecified atom stereocenters. The zero-order chi connectivity index (χ0) is 26.0. The first-order chi connectivity index (χ1) is 17.1. The van der Waals surface area contributed by atoms with Crippen LogP contribution in [0.25, 0.3) is 11.3 Å². The Hall–Kier alpha value is -3.75. The SMILES string of the molecule is Cc1cc(C)c(Oc2nc(-c3ccccc3Cl)ccc2C(=O)NS(=O)(=O)C2=CC=CCC2=O)c(C)c1. The summed E-state index contributed by atoms with van der Waals surface area (Å²) in [7, 11) is -4.40. The number of carbonyl (C=O) groups excluding carboxylic acids is 2. The van der Waals surface area contributed by atoms with E-state index in [2.05, 4.69) is 4.98 Å². The summed E-state index contributed by atoms with van der Waals surface area (Å²) in [4.78, 5) is 29.3. The van der Waals surface area contributed by atoms with Gasteiger partial charge in [-0.05, 0) is 56.2 Å². The van der Waals surface area contributed by atoms with Gasteiger partial charge in [0.2, 0.25) is 5.88 Å². The molecule has 4 rings (SSSR count). The van der Waals surface area contributed by atoms with Crippen LogP contribution >= 0.6 is 11.6 Å². The molecule has 1 aliphatic rings. The lowest BCUT2D eigenvalue weighted by molar-refractivity contribution is -0.114. The van der Waals surface area contributed by atoms with Gasteiger partial charge in [-0.1, -0.05) is 59.6 Å². The Labute approximate surface area is 214 Å². The number of ketones is 1. The van der Waals surface area contributed by atoms with Gasteiger partial charge < -0.3 is 4.74 Å². The first kappa shape index (κ1) is 25.3. The van der Waals surface area contributed by atoms with Gasteiger partial charge in [0, 0.05) is 17.0 Å². The van der Waals surface area contributed by atoms with E-state index < -0.39 is 26.6 Å². The minimum atomic E-state index is -4.40. The van der Waals surface area contributed by atoms with Gasteiger partial charge in [0.15, 0.2) is 5.78 Å². The quantitative estimate of drug-likeness (QED) is 0.452. The molecule has 0 atom stereocenters. The van der Waals surface area contributed by atoms with Crippen LogP contribution in [0.1, 0.15) is 33.5 Å². The number of pyridine rings is 1. The van der Waals surface area contributed by atoms with Gasteiger partial charge in [-0.2, -0.15) is 0 Å². The fourth-order valence-corrected chi connectivity index (χ4v) is 5.27. The van der Waals surface area contributed by atoms with Crippen molar-refractivity contribution >= 4 is 33.3 Å². The van der Waals surface area contributed by atoms with Crippen molar-refractivity contribution in [2.45, 2.75) is 27.2 Å². The molecule has 1 N–H and O–H groups in total. The first-order valence-electron chi connectivity index (χ1n) is 11.1. The Morgan fingerprint density at radius 2 is 1.75 bits per heavy atom. The number of aromatic nitrogens is 1. The Morgan fingerprint density at radius 1 is 1.06 bits per heavy atom. The highest BCUT2D eigenvalue weighted by molar-refractivity contribution is 7.95. The van der Waals surface area contributed by atoms with Crippen molar-refractivity contribution in [2.24, 2.45) is 0 Å². The van der Waals surface area contributed by atoms with Crippen molar-refractivity contribution in [2.75, 3.05) is 0 Å². The average molecular weight is 523 g/mol. The summed E-state index contributed by atoms with van der Waals surface area (Å²) in [5, 5.41) is 0.453. The molecule has 3 aromatic rings. The van der Waals surface area contributed by atoms with E-state index in [-0.39, 0.29) is 17.9 Å². The molecule has 0 saturated carbocycles. The van der Waals surface area contributed by atoms with E-state index in [1.165, 1.54) is 12.1 Å². The second-order valence-corrected chi connectivity index (χ2v) is 10.4. The van der Waals surface area contributed by atoms with Crippen molar-refractivity contribution in [1.82, 2.24) is 9.71 Å². The monoisotopic (exact) mass is 522 g/mol. The summed E-state index contributed by atoms with van der Waals surface area (Å²) in [5.41, 5.74) is 3.62. The standard InChI is InChI=1S/C27H23ClN2O5S/c1-16-14-17(2)25(18(3)15-16)35-27-20(12-13-22(29-27)19-8-4-5-9-21(19)28)26(32)30-36(33,34)24-11-7-6-10-23(24)31/h4-9,11-15H,10H2,1-3H3,(H,30,32). The number of nitrogens with zero attached hydrogens (tertiary/aromatic N) is 1. The highest BCUT2D eigenvalue weighted by Crippen LogP contribution is 2.34. The number of amides is 1. The molecule has 2 aromatic carbocycles. The van der Waals surface area contributed by atoms with Crippen LogP contribution < -0.4 is 9.46 Å². The minimum Gasteiger partial charge on any atom is -0.438 e. The van der Waals surface area contributed by atoms with Gasteiger partial charge in [-0.3, -0.25) is 9.59 Å². The summed E-state index contributed by atoms with van der Waals surface area (Å²) < 4.78 is 33.7. The highest BCUT2D eigenvalue weighted by atomic mass is 35.5. The number of carbonyl (C=O) groups is 2. The van der Waals surface area contributed by atoms with Crippen LogP contribution in [0, 0.1) is 20.8 Å². The van der Waals surface area contributed by atoms with E-state index in [1.54, 1.807) is 36.4 Å². The Bertz CT molecular complexity index is 1540. The second-order valence-electron chi connectivity index (χ2n) is 8.38. The predicted octanol–water partition coefficient (Wildman–Crippen LogP) is 5.59. The van der Waals surface area contributed by atoms with E-state index >= 15 is 0 Å². The van der Waals surface area contributed by atoms with Crippen LogP contribution in [0.4, 0.5) is 0 Å². The maximum absolute atomic E-state index is 13.2. The maximum Gasteiger partial charge on any atom is 0.270 e. The first-order valence-corrected chi connectivity index (χ1v) is 12.9. The normalized spacial score (nSPS) is 13.3. The molecule has 184 valence electrons. The number of Topliss-reactive ketones (excluding diaryl/α,β-unsaturated/α-hetero) is 1. The number of sulfonamides is 1. The number of aryl methyl sites for hydroxylation is 3. The molecule has 7 nitrogen and oxygen atoms in total. The lowest BCUT2D eigenvalue weighted by Crippen LogP contribution is -2.34. The molecule has 0 spiro atoms. The van der Waals surface area contributed by atoms with Crippen molar-refractivity contribution < 1.29 is 22.7 Å². The van der Waals surface area contributed by atoms with Crippen LogP contribution in [0.5, 0.6) is 11.6 Å². The van der Waals surface area contributed by atoms with Crippen LogP contribution in [0.15, 0.2) is 71.7 Å². The highest BCUT2D eigenvalue weighted by Gasteiger charge is 2.29. The minimum absolute atomic E-state index is 0.0602. The summed E-state index contributed by atoms with van der Waals surface area (Å²) >= 11 is 6.35. The van der Waals surface area contributed by atoms with Crippen molar-refractivity contribution in [3.8, 4) is 22.9 Å². The maximum atomic E-state index is 13.2. The van der Waals surface area contributed by atoms with Crippen molar-refractivity contribution in [3.05, 3.63) is 98.9 Å². The molecule has 36 heavy (non-hydrogen) atoms. The number of ether oxygens (including phenoxy) is 1. The molecule has 0 saturated heterocycles. The molecule has 0 aliphatic heterocycles. The lowest BCUT2D eigenvalue weighted by Gasteiger charge is -2.16. The number of rotatable bonds is 6. The van der Waals surface area contributed by atoms with Crippen LogP contribution in [0.2, 0.25) is 5.02 Å². The zero-order valence-corrected chi connectivity index (χ0v) is 21.4. The molecule has 1 amide bonds. The van der Waals surface area contributed by atoms with Crippen LogP contribution in [-0.2, 0) is 14.8 Å². The number of hydrogen-bond donors (Lipinski definition) is 1. The Kier molecular flexibility index (Phi) is 7.10. The lowest BCUT2D eigenvalue weighted by atomic mass is 10.1. The molecular weight excluding hydrogens is 500 g/mol. The number of hydrogen-bond acceptors (Lipinski definition) is 6. The van der Waals surface area contributed by atoms with E-state index in [0.717, 1.165) is 22.8 Å². The molecule has 0 radical (unpaired) electrons. The van der Waals surface area contributed by atoms with E-state index in [4.69, 9.17) is 16.3 Å². The van der Waals surface area contributed by atoms with Crippen LogP contribution in [0.3, 0.4) is 0 Å². The fraction of sp³-hybridized carbons (Fsp3) is 0.148. The molecular formula is C27H23ClN2O5S. The Morgan fingerprint density at radius 3 is 2.42 bits per heavy atom. The summed E-state index contributed by atoms with van der Waals surface area (Å²) in [6.45, 7) is 5.69. The van der Waals surface area contributed by atoms with Crippen molar-refractivity contribution in [3.63, 3.8) is 0 Å². The summed E-state index contributed by atoms with van der Waals surface area (Å²) in [5.74, 6) is -1.18. The van der Waals surface area contributed by atoms with Gasteiger partial charge in [-0.25, -0.2) is 18.1 Å². The fourth-order valence-electron chi connectivity index (χ4n) is 3.93. The third-order valence-corrected chi connectivity index (χ3v) is 7.26. The van der Waals surface area contributed by atoms with E-state index in [1.807, 2.05) is 37.6 Å². The number of nitrogens with one attached hydrogen (secondary N) is 1. The third kappa shape index (κ3) is 5.24. The molecule has 1 heterocycles. The molecule has 0 fully saturated rings. The second kappa shape index (κ2) is 10.1. The van der Waals surface area contributed by atoms with Gasteiger partial charge in [0.1, 0.15) is 16.2 Å². The molecule has 1 aliphatic carbocycles. The van der Waals surface area contributed by atoms with Crippen molar-refractivity contribution in [1.29, 1.82) is 0 Å². The predicted molar refractivity (Wildman–Crippen MR) is 139 cm³/mol. The largest absolute Gasteiger partial charge is 0.438 e. The molecule has 9 heteroatoms. The third-order valence-electron chi connectivity index (χ3n) is 5.54. The van der Waals surface area contributed by atoms with Gasteiger partial charge >= 0.3 is 0 Å². The van der Waals surface area contributed by atoms with Crippen LogP contribution in [-0.4, -0.2) is 25.1 Å². The number of halogens is 1. The molecule has 0 bridgehead atoms. The Balaban J connectivity index is 1.78. The van der Waals surface area contributed by atoms with Gasteiger partial charge in [0.25, 0.3) is 15.9 Å². The molecule has 1 aromatic heterocycles. The topological polar surface area (TPSA) is 102 Å². The summed E-state index contributed by atoms with van der Waals surface area (Å²) in [6.07, 6.45) is 4.10. The summed E-state index contributed by atoms with van der Waals surface area (Å²) in [6, 6.07) is 13.9. The zero-order valence-electron chi connectivity index (χ0n) is 19.8. The smallest absolute Gasteiger partial charge is 0.270 e. The van der Waals surface area contributed by atoms with Gasteiger partial charge in [-0.15, -0.1) is 0 Å². The van der Waals surface area contributed by atoms with E-state index in [0.29, 0.717) is 22.0 Å². The average Bonchev–Trinajstić information content (AvgIpc) is 2.81. The number of allylic oxidation sites excluding steroid dienone is 4. The van der Waals surface area contributed by atoms with Gasteiger partial charge in [0.05, 0.1) is 5.69 Å². The number of benzene rings is 2. The van der Waals surface area contributed by atoms with E-state index in [9.17, 15) is 18.0 Å².